The molecule has 0 saturated carbocycles. The minimum absolute atomic E-state index is 0.189. The SMILES string of the molecule is CC(C)CCC(=O)NCCC1=CCCC=C1. The predicted molar refractivity (Wildman–Crippen MR) is 68.2 cm³/mol. The van der Waals surface area contributed by atoms with E-state index in [1.165, 1.54) is 5.57 Å². The van der Waals surface area contributed by atoms with Crippen molar-refractivity contribution < 1.29 is 4.79 Å². The molecule has 16 heavy (non-hydrogen) atoms. The highest BCUT2D eigenvalue weighted by atomic mass is 16.1. The van der Waals surface area contributed by atoms with Gasteiger partial charge < -0.3 is 5.32 Å². The van der Waals surface area contributed by atoms with Gasteiger partial charge in [-0.2, -0.15) is 0 Å². The first-order valence-electron chi connectivity index (χ1n) is 6.30. The number of hydrogen-bond donors (Lipinski definition) is 1. The van der Waals surface area contributed by atoms with Gasteiger partial charge in [-0.15, -0.1) is 0 Å². The van der Waals surface area contributed by atoms with Crippen LogP contribution in [0.25, 0.3) is 0 Å². The summed E-state index contributed by atoms with van der Waals surface area (Å²) in [6, 6.07) is 0. The Kier molecular flexibility index (Phi) is 5.91. The van der Waals surface area contributed by atoms with E-state index in [0.29, 0.717) is 12.3 Å². The zero-order valence-electron chi connectivity index (χ0n) is 10.5. The summed E-state index contributed by atoms with van der Waals surface area (Å²) in [6.45, 7) is 5.06. The fraction of sp³-hybridized carbons (Fsp3) is 0.643. The molecule has 0 bridgehead atoms. The molecule has 0 aromatic carbocycles. The smallest absolute Gasteiger partial charge is 0.220 e. The summed E-state index contributed by atoms with van der Waals surface area (Å²) in [5, 5.41) is 2.97. The lowest BCUT2D eigenvalue weighted by Crippen LogP contribution is -2.24. The lowest BCUT2D eigenvalue weighted by molar-refractivity contribution is -0.121. The Labute approximate surface area is 98.8 Å². The molecule has 1 rings (SSSR count). The monoisotopic (exact) mass is 221 g/mol. The number of carbonyl (C=O) groups excluding carboxylic acids is 1. The number of nitrogens with one attached hydrogen (secondary N) is 1. The van der Waals surface area contributed by atoms with Crippen molar-refractivity contribution in [3.8, 4) is 0 Å². The largest absolute Gasteiger partial charge is 0.356 e. The van der Waals surface area contributed by atoms with Gasteiger partial charge >= 0.3 is 0 Å². The summed E-state index contributed by atoms with van der Waals surface area (Å²) in [4.78, 5) is 11.4. The van der Waals surface area contributed by atoms with Crippen LogP contribution in [0.4, 0.5) is 0 Å². The molecule has 0 fully saturated rings. The van der Waals surface area contributed by atoms with Crippen LogP contribution in [-0.4, -0.2) is 12.5 Å². The number of allylic oxidation sites excluding steroid dienone is 3. The zero-order chi connectivity index (χ0) is 11.8. The molecule has 0 unspecified atom stereocenters. The minimum Gasteiger partial charge on any atom is -0.356 e. The Morgan fingerprint density at radius 1 is 1.44 bits per heavy atom. The van der Waals surface area contributed by atoms with Crippen LogP contribution in [-0.2, 0) is 4.79 Å². The maximum Gasteiger partial charge on any atom is 0.220 e. The molecule has 2 nitrogen and oxygen atoms in total. The molecular formula is C14H23NO. The maximum atomic E-state index is 11.4. The average molecular weight is 221 g/mol. The molecular weight excluding hydrogens is 198 g/mol. The quantitative estimate of drug-likeness (QED) is 0.733. The van der Waals surface area contributed by atoms with Crippen LogP contribution in [0.3, 0.4) is 0 Å². The van der Waals surface area contributed by atoms with Crippen molar-refractivity contribution in [2.75, 3.05) is 6.54 Å². The Hall–Kier alpha value is -1.05. The Morgan fingerprint density at radius 2 is 2.25 bits per heavy atom. The summed E-state index contributed by atoms with van der Waals surface area (Å²) in [7, 11) is 0. The first kappa shape index (κ1) is 13.0. The first-order chi connectivity index (χ1) is 7.68. The standard InChI is InChI=1S/C14H23NO/c1-12(2)8-9-14(16)15-11-10-13-6-4-3-5-7-13/h4,6-7,12H,3,5,8-11H2,1-2H3,(H,15,16). The summed E-state index contributed by atoms with van der Waals surface area (Å²) in [6.07, 6.45) is 11.5. The fourth-order valence-electron chi connectivity index (χ4n) is 1.71. The van der Waals surface area contributed by atoms with E-state index >= 15 is 0 Å². The predicted octanol–water partition coefficient (Wildman–Crippen LogP) is 3.21. The van der Waals surface area contributed by atoms with Gasteiger partial charge in [0.1, 0.15) is 0 Å². The zero-order valence-corrected chi connectivity index (χ0v) is 10.5. The molecule has 0 radical (unpaired) electrons. The molecule has 0 atom stereocenters. The third kappa shape index (κ3) is 5.74. The Morgan fingerprint density at radius 3 is 2.88 bits per heavy atom. The highest BCUT2D eigenvalue weighted by Gasteiger charge is 2.03. The van der Waals surface area contributed by atoms with Crippen molar-refractivity contribution in [2.45, 2.75) is 46.0 Å². The third-order valence-corrected chi connectivity index (χ3v) is 2.76. The van der Waals surface area contributed by atoms with Crippen molar-refractivity contribution in [1.82, 2.24) is 5.32 Å². The van der Waals surface area contributed by atoms with E-state index in [0.717, 1.165) is 32.2 Å². The van der Waals surface area contributed by atoms with Gasteiger partial charge in [-0.25, -0.2) is 0 Å². The van der Waals surface area contributed by atoms with E-state index in [1.54, 1.807) is 0 Å². The lowest BCUT2D eigenvalue weighted by atomic mass is 10.0. The minimum atomic E-state index is 0.189. The molecule has 1 N–H and O–H groups in total. The molecule has 1 aliphatic carbocycles. The van der Waals surface area contributed by atoms with E-state index in [2.05, 4.69) is 37.4 Å². The second kappa shape index (κ2) is 7.26. The van der Waals surface area contributed by atoms with Gasteiger partial charge in [0.15, 0.2) is 0 Å². The Balaban J connectivity index is 2.08. The van der Waals surface area contributed by atoms with Crippen LogP contribution in [0.15, 0.2) is 23.8 Å². The van der Waals surface area contributed by atoms with Gasteiger partial charge in [-0.1, -0.05) is 37.6 Å². The molecule has 0 aliphatic heterocycles. The molecule has 90 valence electrons. The lowest BCUT2D eigenvalue weighted by Gasteiger charge is -2.09. The van der Waals surface area contributed by atoms with Gasteiger partial charge in [0.25, 0.3) is 0 Å². The second-order valence-corrected chi connectivity index (χ2v) is 4.79. The molecule has 0 heterocycles. The van der Waals surface area contributed by atoms with E-state index in [9.17, 15) is 4.79 Å². The Bertz CT molecular complexity index is 276. The maximum absolute atomic E-state index is 11.4. The number of rotatable bonds is 6. The summed E-state index contributed by atoms with van der Waals surface area (Å²) in [5.74, 6) is 0.795. The summed E-state index contributed by atoms with van der Waals surface area (Å²) >= 11 is 0. The van der Waals surface area contributed by atoms with Crippen molar-refractivity contribution in [3.63, 3.8) is 0 Å². The number of hydrogen-bond acceptors (Lipinski definition) is 1. The number of carbonyl (C=O) groups is 1. The van der Waals surface area contributed by atoms with E-state index in [1.807, 2.05) is 0 Å². The van der Waals surface area contributed by atoms with Crippen molar-refractivity contribution in [1.29, 1.82) is 0 Å². The molecule has 1 aliphatic rings. The molecule has 1 amide bonds. The van der Waals surface area contributed by atoms with Gasteiger partial charge in [-0.3, -0.25) is 4.79 Å². The van der Waals surface area contributed by atoms with Crippen LogP contribution in [0.2, 0.25) is 0 Å². The molecule has 0 spiro atoms. The van der Waals surface area contributed by atoms with Gasteiger partial charge in [0.05, 0.1) is 0 Å². The topological polar surface area (TPSA) is 29.1 Å². The van der Waals surface area contributed by atoms with Crippen molar-refractivity contribution >= 4 is 5.91 Å². The molecule has 0 aromatic heterocycles. The first-order valence-corrected chi connectivity index (χ1v) is 6.30. The second-order valence-electron chi connectivity index (χ2n) is 4.79. The van der Waals surface area contributed by atoms with Crippen LogP contribution in [0.5, 0.6) is 0 Å². The molecule has 2 heteroatoms. The van der Waals surface area contributed by atoms with E-state index in [4.69, 9.17) is 0 Å². The van der Waals surface area contributed by atoms with Crippen molar-refractivity contribution in [2.24, 2.45) is 5.92 Å². The van der Waals surface area contributed by atoms with E-state index in [-0.39, 0.29) is 5.91 Å². The molecule has 0 saturated heterocycles. The van der Waals surface area contributed by atoms with Crippen LogP contribution < -0.4 is 5.32 Å². The van der Waals surface area contributed by atoms with Gasteiger partial charge in [0, 0.05) is 13.0 Å². The highest BCUT2D eigenvalue weighted by Crippen LogP contribution is 2.12. The van der Waals surface area contributed by atoms with Crippen molar-refractivity contribution in [3.05, 3.63) is 23.8 Å². The summed E-state index contributed by atoms with van der Waals surface area (Å²) < 4.78 is 0. The van der Waals surface area contributed by atoms with Crippen LogP contribution >= 0.6 is 0 Å². The number of amides is 1. The highest BCUT2D eigenvalue weighted by molar-refractivity contribution is 5.75. The normalized spacial score (nSPS) is 15.1. The fourth-order valence-corrected chi connectivity index (χ4v) is 1.71. The average Bonchev–Trinajstić information content (AvgIpc) is 2.28. The molecule has 0 aromatic rings. The van der Waals surface area contributed by atoms with E-state index < -0.39 is 0 Å². The summed E-state index contributed by atoms with van der Waals surface area (Å²) in [5.41, 5.74) is 1.36. The third-order valence-electron chi connectivity index (χ3n) is 2.76. The van der Waals surface area contributed by atoms with Gasteiger partial charge in [0.2, 0.25) is 5.91 Å². The van der Waals surface area contributed by atoms with Crippen LogP contribution in [0, 0.1) is 5.92 Å². The van der Waals surface area contributed by atoms with Gasteiger partial charge in [-0.05, 0) is 31.6 Å². The van der Waals surface area contributed by atoms with Crippen LogP contribution in [0.1, 0.15) is 46.0 Å².